The zero-order chi connectivity index (χ0) is 18.1. The number of hydrogen-bond acceptors (Lipinski definition) is 5. The summed E-state index contributed by atoms with van der Waals surface area (Å²) in [7, 11) is 6.92. The number of nitrogens with one attached hydrogen (secondary N) is 1. The van der Waals surface area contributed by atoms with Crippen molar-refractivity contribution in [1.82, 2.24) is 15.1 Å². The highest BCUT2D eigenvalue weighted by molar-refractivity contribution is 5.80. The molecular formula is C18H30N4O3. The first-order chi connectivity index (χ1) is 12.2. The van der Waals surface area contributed by atoms with E-state index in [2.05, 4.69) is 26.2 Å². The number of benzene rings is 1. The molecule has 25 heavy (non-hydrogen) atoms. The van der Waals surface area contributed by atoms with Crippen molar-refractivity contribution >= 4 is 5.96 Å². The van der Waals surface area contributed by atoms with E-state index in [-0.39, 0.29) is 0 Å². The quantitative estimate of drug-likeness (QED) is 0.451. The van der Waals surface area contributed by atoms with Gasteiger partial charge in [-0.1, -0.05) is 0 Å². The summed E-state index contributed by atoms with van der Waals surface area (Å²) in [5, 5.41) is 3.33. The predicted octanol–water partition coefficient (Wildman–Crippen LogP) is 1.04. The van der Waals surface area contributed by atoms with E-state index in [4.69, 9.17) is 14.2 Å². The van der Waals surface area contributed by atoms with Crippen molar-refractivity contribution in [3.63, 3.8) is 0 Å². The highest BCUT2D eigenvalue weighted by atomic mass is 16.5. The molecule has 0 bridgehead atoms. The monoisotopic (exact) mass is 350 g/mol. The van der Waals surface area contributed by atoms with Gasteiger partial charge in [-0.15, -0.1) is 0 Å². The number of guanidine groups is 1. The number of hydrogen-bond donors (Lipinski definition) is 1. The van der Waals surface area contributed by atoms with Crippen LogP contribution >= 0.6 is 0 Å². The third kappa shape index (κ3) is 5.51. The maximum absolute atomic E-state index is 5.48. The van der Waals surface area contributed by atoms with Crippen LogP contribution in [0.3, 0.4) is 0 Å². The molecule has 2 rings (SSSR count). The lowest BCUT2D eigenvalue weighted by Crippen LogP contribution is -2.52. The number of methoxy groups -OCH3 is 3. The van der Waals surface area contributed by atoms with Crippen LogP contribution in [0.5, 0.6) is 11.5 Å². The van der Waals surface area contributed by atoms with E-state index in [0.717, 1.165) is 62.3 Å². The fraction of sp³-hybridized carbons (Fsp3) is 0.611. The van der Waals surface area contributed by atoms with E-state index in [9.17, 15) is 0 Å². The lowest BCUT2D eigenvalue weighted by molar-refractivity contribution is 0.168. The fourth-order valence-corrected chi connectivity index (χ4v) is 2.96. The van der Waals surface area contributed by atoms with Gasteiger partial charge < -0.3 is 24.4 Å². The van der Waals surface area contributed by atoms with Gasteiger partial charge in [0.15, 0.2) is 5.96 Å². The Morgan fingerprint density at radius 1 is 1.12 bits per heavy atom. The van der Waals surface area contributed by atoms with Gasteiger partial charge in [-0.2, -0.15) is 0 Å². The highest BCUT2D eigenvalue weighted by Crippen LogP contribution is 2.25. The van der Waals surface area contributed by atoms with Crippen LogP contribution < -0.4 is 14.8 Å². The van der Waals surface area contributed by atoms with Crippen LogP contribution in [-0.2, 0) is 11.3 Å². The molecule has 1 aromatic carbocycles. The average Bonchev–Trinajstić information content (AvgIpc) is 2.66. The predicted molar refractivity (Wildman–Crippen MR) is 99.6 cm³/mol. The minimum atomic E-state index is 0.675. The largest absolute Gasteiger partial charge is 0.497 e. The maximum Gasteiger partial charge on any atom is 0.193 e. The second-order valence-corrected chi connectivity index (χ2v) is 5.91. The summed E-state index contributed by atoms with van der Waals surface area (Å²) < 4.78 is 15.9. The second-order valence-electron chi connectivity index (χ2n) is 5.91. The maximum atomic E-state index is 5.48. The van der Waals surface area contributed by atoms with Gasteiger partial charge in [-0.05, 0) is 18.2 Å². The molecule has 140 valence electrons. The first-order valence-corrected chi connectivity index (χ1v) is 8.59. The molecule has 1 N–H and O–H groups in total. The van der Waals surface area contributed by atoms with Crippen molar-refractivity contribution in [3.05, 3.63) is 23.8 Å². The molecule has 1 saturated heterocycles. The van der Waals surface area contributed by atoms with Crippen molar-refractivity contribution in [2.75, 3.05) is 67.7 Å². The van der Waals surface area contributed by atoms with Crippen LogP contribution in [0.1, 0.15) is 5.56 Å². The van der Waals surface area contributed by atoms with Crippen LogP contribution in [0.25, 0.3) is 0 Å². The van der Waals surface area contributed by atoms with Gasteiger partial charge in [-0.3, -0.25) is 9.89 Å². The average molecular weight is 350 g/mol. The summed E-state index contributed by atoms with van der Waals surface area (Å²) in [5.74, 6) is 2.70. The van der Waals surface area contributed by atoms with Crippen molar-refractivity contribution in [2.24, 2.45) is 4.99 Å². The van der Waals surface area contributed by atoms with Gasteiger partial charge in [0.05, 0.1) is 20.8 Å². The zero-order valence-electron chi connectivity index (χ0n) is 15.7. The molecule has 7 nitrogen and oxygen atoms in total. The summed E-state index contributed by atoms with van der Waals surface area (Å²) >= 11 is 0. The molecule has 1 fully saturated rings. The van der Waals surface area contributed by atoms with Crippen molar-refractivity contribution in [3.8, 4) is 11.5 Å². The van der Waals surface area contributed by atoms with Crippen LogP contribution in [0.15, 0.2) is 23.2 Å². The van der Waals surface area contributed by atoms with E-state index in [1.54, 1.807) is 21.3 Å². The third-order valence-corrected chi connectivity index (χ3v) is 4.35. The van der Waals surface area contributed by atoms with Crippen LogP contribution in [0, 0.1) is 0 Å². The Morgan fingerprint density at radius 2 is 1.88 bits per heavy atom. The lowest BCUT2D eigenvalue weighted by Gasteiger charge is -2.36. The molecule has 1 aliphatic heterocycles. The first kappa shape index (κ1) is 19.3. The molecule has 0 aromatic heterocycles. The van der Waals surface area contributed by atoms with Crippen molar-refractivity contribution in [1.29, 1.82) is 0 Å². The van der Waals surface area contributed by atoms with Crippen molar-refractivity contribution < 1.29 is 14.2 Å². The molecule has 7 heteroatoms. The SMILES string of the molecule is CN=C(NCCOC)N1CCN(Cc2cc(OC)ccc2OC)CC1. The molecule has 0 radical (unpaired) electrons. The summed E-state index contributed by atoms with van der Waals surface area (Å²) in [6.07, 6.45) is 0. The molecule has 1 aliphatic rings. The van der Waals surface area contributed by atoms with Gasteiger partial charge in [0.1, 0.15) is 11.5 Å². The lowest BCUT2D eigenvalue weighted by atomic mass is 10.1. The minimum absolute atomic E-state index is 0.675. The number of rotatable bonds is 7. The molecular weight excluding hydrogens is 320 g/mol. The fourth-order valence-electron chi connectivity index (χ4n) is 2.96. The molecule has 0 aliphatic carbocycles. The van der Waals surface area contributed by atoms with Gasteiger partial charge in [0.2, 0.25) is 0 Å². The number of ether oxygens (including phenoxy) is 3. The Bertz CT molecular complexity index is 557. The number of piperazine rings is 1. The highest BCUT2D eigenvalue weighted by Gasteiger charge is 2.20. The molecule has 0 unspecified atom stereocenters. The van der Waals surface area contributed by atoms with Gasteiger partial charge in [0, 0.05) is 59.0 Å². The summed E-state index contributed by atoms with van der Waals surface area (Å²) in [6.45, 7) is 6.14. The Hall–Kier alpha value is -1.99. The van der Waals surface area contributed by atoms with Crippen LogP contribution in [-0.4, -0.2) is 83.5 Å². The van der Waals surface area contributed by atoms with E-state index in [1.165, 1.54) is 0 Å². The molecule has 0 atom stereocenters. The van der Waals surface area contributed by atoms with Crippen molar-refractivity contribution in [2.45, 2.75) is 6.54 Å². The molecule has 1 aromatic rings. The van der Waals surface area contributed by atoms with Crippen LogP contribution in [0.4, 0.5) is 0 Å². The normalized spacial score (nSPS) is 16.0. The van der Waals surface area contributed by atoms with E-state index >= 15 is 0 Å². The van der Waals surface area contributed by atoms with E-state index in [1.807, 2.05) is 19.2 Å². The zero-order valence-corrected chi connectivity index (χ0v) is 15.7. The van der Waals surface area contributed by atoms with E-state index < -0.39 is 0 Å². The van der Waals surface area contributed by atoms with Crippen LogP contribution in [0.2, 0.25) is 0 Å². The Labute approximate surface area is 150 Å². The molecule has 1 heterocycles. The number of aliphatic imine (C=N–C) groups is 1. The molecule has 0 amide bonds. The standard InChI is InChI=1S/C18H30N4O3/c1-19-18(20-7-12-23-2)22-10-8-21(9-11-22)14-15-13-16(24-3)5-6-17(15)25-4/h5-6,13H,7-12,14H2,1-4H3,(H,19,20). The summed E-state index contributed by atoms with van der Waals surface area (Å²) in [4.78, 5) is 9.08. The first-order valence-electron chi connectivity index (χ1n) is 8.59. The van der Waals surface area contributed by atoms with E-state index in [0.29, 0.717) is 6.61 Å². The molecule has 0 saturated carbocycles. The van der Waals surface area contributed by atoms with Gasteiger partial charge in [0.25, 0.3) is 0 Å². The Kier molecular flexibility index (Phi) is 7.81. The number of nitrogens with zero attached hydrogens (tertiary/aromatic N) is 3. The summed E-state index contributed by atoms with van der Waals surface area (Å²) in [5.41, 5.74) is 1.15. The third-order valence-electron chi connectivity index (χ3n) is 4.35. The Balaban J connectivity index is 1.90. The second kappa shape index (κ2) is 10.1. The summed E-state index contributed by atoms with van der Waals surface area (Å²) in [6, 6.07) is 5.94. The smallest absolute Gasteiger partial charge is 0.193 e. The molecule has 0 spiro atoms. The van der Waals surface area contributed by atoms with Gasteiger partial charge >= 0.3 is 0 Å². The Morgan fingerprint density at radius 3 is 2.48 bits per heavy atom. The minimum Gasteiger partial charge on any atom is -0.497 e. The van der Waals surface area contributed by atoms with Gasteiger partial charge in [-0.25, -0.2) is 0 Å². The topological polar surface area (TPSA) is 58.6 Å².